The highest BCUT2D eigenvalue weighted by atomic mass is 19.1. The first-order valence-electron chi connectivity index (χ1n) is 7.26. The van der Waals surface area contributed by atoms with Crippen molar-refractivity contribution in [2.45, 2.75) is 31.9 Å². The predicted octanol–water partition coefficient (Wildman–Crippen LogP) is 3.79. The first-order chi connectivity index (χ1) is 9.72. The van der Waals surface area contributed by atoms with Crippen LogP contribution in [0.1, 0.15) is 31.4 Å². The molecule has 3 unspecified atom stereocenters. The minimum absolute atomic E-state index is 0.104. The molecule has 1 fully saturated rings. The molecule has 2 nitrogen and oxygen atoms in total. The van der Waals surface area contributed by atoms with Crippen molar-refractivity contribution in [2.24, 2.45) is 11.7 Å². The quantitative estimate of drug-likeness (QED) is 0.923. The highest BCUT2D eigenvalue weighted by Crippen LogP contribution is 2.36. The average molecular weight is 273 g/mol. The zero-order valence-corrected chi connectivity index (χ0v) is 11.7. The fraction of sp³-hybridized carbons (Fsp3) is 0.412. The van der Waals surface area contributed by atoms with E-state index in [0.29, 0.717) is 11.3 Å². The van der Waals surface area contributed by atoms with Gasteiger partial charge in [-0.3, -0.25) is 0 Å². The van der Waals surface area contributed by atoms with Gasteiger partial charge in [0, 0.05) is 24.0 Å². The number of rotatable bonds is 3. The van der Waals surface area contributed by atoms with Gasteiger partial charge < -0.3 is 10.5 Å². The van der Waals surface area contributed by atoms with Gasteiger partial charge in [-0.15, -0.1) is 0 Å². The molecule has 1 aliphatic rings. The molecule has 1 heterocycles. The summed E-state index contributed by atoms with van der Waals surface area (Å²) in [7, 11) is 0. The maximum Gasteiger partial charge on any atom is 0.131 e. The summed E-state index contributed by atoms with van der Waals surface area (Å²) in [5, 5.41) is 1.56. The number of nitrogens with two attached hydrogens (primary N) is 1. The summed E-state index contributed by atoms with van der Waals surface area (Å²) < 4.78 is 19.6. The lowest BCUT2D eigenvalue weighted by Crippen LogP contribution is -2.28. The minimum Gasteiger partial charge on any atom is -0.378 e. The van der Waals surface area contributed by atoms with Crippen LogP contribution in [0.15, 0.2) is 36.4 Å². The lowest BCUT2D eigenvalue weighted by molar-refractivity contribution is 0.0814. The second-order valence-electron chi connectivity index (χ2n) is 5.48. The third kappa shape index (κ3) is 2.21. The first kappa shape index (κ1) is 13.5. The van der Waals surface area contributed by atoms with Gasteiger partial charge in [-0.2, -0.15) is 0 Å². The van der Waals surface area contributed by atoms with Crippen LogP contribution in [0.4, 0.5) is 4.39 Å². The molecule has 3 rings (SSSR count). The summed E-state index contributed by atoms with van der Waals surface area (Å²) in [6.07, 6.45) is 2.16. The highest BCUT2D eigenvalue weighted by molar-refractivity contribution is 5.86. The Morgan fingerprint density at radius 1 is 1.25 bits per heavy atom. The fourth-order valence-corrected chi connectivity index (χ4v) is 3.30. The largest absolute Gasteiger partial charge is 0.378 e. The molecule has 1 aliphatic heterocycles. The Balaban J connectivity index is 2.04. The van der Waals surface area contributed by atoms with Gasteiger partial charge in [-0.25, -0.2) is 4.39 Å². The molecule has 0 amide bonds. The van der Waals surface area contributed by atoms with E-state index in [2.05, 4.69) is 6.92 Å². The van der Waals surface area contributed by atoms with Crippen LogP contribution in [0.2, 0.25) is 0 Å². The van der Waals surface area contributed by atoms with E-state index in [4.69, 9.17) is 10.5 Å². The summed E-state index contributed by atoms with van der Waals surface area (Å²) in [5.74, 6) is 0.125. The van der Waals surface area contributed by atoms with Gasteiger partial charge in [-0.1, -0.05) is 37.3 Å². The smallest absolute Gasteiger partial charge is 0.131 e. The molecule has 1 saturated heterocycles. The number of ether oxygens (including phenoxy) is 1. The normalized spacial score (nSPS) is 24.1. The van der Waals surface area contributed by atoms with Gasteiger partial charge in [0.25, 0.3) is 0 Å². The lowest BCUT2D eigenvalue weighted by Gasteiger charge is -2.25. The third-order valence-electron chi connectivity index (χ3n) is 4.39. The van der Waals surface area contributed by atoms with E-state index in [1.165, 1.54) is 6.07 Å². The molecule has 0 aromatic heterocycles. The molecule has 2 N–H and O–H groups in total. The van der Waals surface area contributed by atoms with E-state index >= 15 is 0 Å². The van der Waals surface area contributed by atoms with Gasteiger partial charge in [-0.05, 0) is 29.9 Å². The molecular weight excluding hydrogens is 253 g/mol. The van der Waals surface area contributed by atoms with Crippen LogP contribution in [0, 0.1) is 11.7 Å². The third-order valence-corrected chi connectivity index (χ3v) is 4.39. The van der Waals surface area contributed by atoms with Crippen molar-refractivity contribution in [3.8, 4) is 0 Å². The van der Waals surface area contributed by atoms with Gasteiger partial charge in [0.2, 0.25) is 0 Å². The van der Waals surface area contributed by atoms with Gasteiger partial charge in [0.15, 0.2) is 0 Å². The van der Waals surface area contributed by atoms with E-state index in [-0.39, 0.29) is 18.0 Å². The Kier molecular flexibility index (Phi) is 3.72. The molecule has 0 spiro atoms. The second-order valence-corrected chi connectivity index (χ2v) is 5.48. The molecule has 0 aliphatic carbocycles. The molecule has 2 aromatic carbocycles. The summed E-state index contributed by atoms with van der Waals surface area (Å²) in [4.78, 5) is 0. The molecule has 3 heteroatoms. The van der Waals surface area contributed by atoms with Crippen LogP contribution >= 0.6 is 0 Å². The number of benzene rings is 2. The van der Waals surface area contributed by atoms with Gasteiger partial charge in [0.1, 0.15) is 5.82 Å². The number of hydrogen-bond donors (Lipinski definition) is 1. The average Bonchev–Trinajstić information content (AvgIpc) is 2.96. The zero-order valence-electron chi connectivity index (χ0n) is 11.7. The molecule has 2 aromatic rings. The van der Waals surface area contributed by atoms with Gasteiger partial charge >= 0.3 is 0 Å². The molecule has 3 atom stereocenters. The molecule has 106 valence electrons. The predicted molar refractivity (Wildman–Crippen MR) is 79.0 cm³/mol. The van der Waals surface area contributed by atoms with Crippen LogP contribution in [-0.2, 0) is 4.74 Å². The Bertz CT molecular complexity index is 613. The van der Waals surface area contributed by atoms with E-state index < -0.39 is 0 Å². The summed E-state index contributed by atoms with van der Waals surface area (Å²) >= 11 is 0. The van der Waals surface area contributed by atoms with Crippen molar-refractivity contribution in [1.82, 2.24) is 0 Å². The van der Waals surface area contributed by atoms with Crippen LogP contribution < -0.4 is 5.73 Å². The maximum absolute atomic E-state index is 13.9. The maximum atomic E-state index is 13.9. The fourth-order valence-electron chi connectivity index (χ4n) is 3.30. The van der Waals surface area contributed by atoms with E-state index in [9.17, 15) is 4.39 Å². The zero-order chi connectivity index (χ0) is 14.1. The molecule has 20 heavy (non-hydrogen) atoms. The summed E-state index contributed by atoms with van der Waals surface area (Å²) in [6.45, 7) is 2.90. The Morgan fingerprint density at radius 3 is 2.75 bits per heavy atom. The van der Waals surface area contributed by atoms with Gasteiger partial charge in [0.05, 0.1) is 6.10 Å². The van der Waals surface area contributed by atoms with E-state index in [1.807, 2.05) is 30.3 Å². The lowest BCUT2D eigenvalue weighted by atomic mass is 9.85. The highest BCUT2D eigenvalue weighted by Gasteiger charge is 2.33. The van der Waals surface area contributed by atoms with Crippen molar-refractivity contribution >= 4 is 10.8 Å². The van der Waals surface area contributed by atoms with Crippen LogP contribution in [0.25, 0.3) is 10.8 Å². The number of fused-ring (bicyclic) bond motifs is 1. The SMILES string of the molecule is CCC1OCCC1C(N)c1ccc(F)c2ccccc12. The molecule has 0 radical (unpaired) electrons. The van der Waals surface area contributed by atoms with Crippen LogP contribution in [-0.4, -0.2) is 12.7 Å². The monoisotopic (exact) mass is 273 g/mol. The first-order valence-corrected chi connectivity index (χ1v) is 7.26. The van der Waals surface area contributed by atoms with Crippen molar-refractivity contribution in [2.75, 3.05) is 6.61 Å². The standard InChI is InChI=1S/C17H20FNO/c1-2-16-14(9-10-20-16)17(19)13-7-8-15(18)12-6-4-3-5-11(12)13/h3-8,14,16-17H,2,9-10,19H2,1H3. The van der Waals surface area contributed by atoms with E-state index in [1.54, 1.807) is 0 Å². The summed E-state index contributed by atoms with van der Waals surface area (Å²) in [6, 6.07) is 10.8. The van der Waals surface area contributed by atoms with Crippen molar-refractivity contribution in [3.05, 3.63) is 47.8 Å². The number of hydrogen-bond acceptors (Lipinski definition) is 2. The van der Waals surface area contributed by atoms with Crippen LogP contribution in [0.5, 0.6) is 0 Å². The second kappa shape index (κ2) is 5.51. The Labute approximate surface area is 118 Å². The summed E-state index contributed by atoms with van der Waals surface area (Å²) in [5.41, 5.74) is 7.50. The molecule has 0 saturated carbocycles. The van der Waals surface area contributed by atoms with Crippen molar-refractivity contribution in [3.63, 3.8) is 0 Å². The van der Waals surface area contributed by atoms with Crippen LogP contribution in [0.3, 0.4) is 0 Å². The van der Waals surface area contributed by atoms with Crippen molar-refractivity contribution < 1.29 is 9.13 Å². The number of halogens is 1. The molecular formula is C17H20FNO. The van der Waals surface area contributed by atoms with Crippen molar-refractivity contribution in [1.29, 1.82) is 0 Å². The molecule has 0 bridgehead atoms. The topological polar surface area (TPSA) is 35.2 Å². The minimum atomic E-state index is -0.189. The van der Waals surface area contributed by atoms with E-state index in [0.717, 1.165) is 30.4 Å². The Hall–Kier alpha value is -1.45. The Morgan fingerprint density at radius 2 is 2.00 bits per heavy atom.